The van der Waals surface area contributed by atoms with Gasteiger partial charge in [0.05, 0.1) is 13.2 Å². The van der Waals surface area contributed by atoms with Crippen LogP contribution in [0.25, 0.3) is 0 Å². The molecule has 19 heavy (non-hydrogen) atoms. The Labute approximate surface area is 116 Å². The van der Waals surface area contributed by atoms with Crippen molar-refractivity contribution in [3.05, 3.63) is 29.8 Å². The second-order valence-corrected chi connectivity index (χ2v) is 5.74. The lowest BCUT2D eigenvalue weighted by Gasteiger charge is -2.34. The average molecular weight is 262 g/mol. The molecule has 1 aromatic rings. The minimum Gasteiger partial charge on any atom is -0.497 e. The van der Waals surface area contributed by atoms with E-state index in [4.69, 9.17) is 4.74 Å². The SMILES string of the molecule is CCC1CCCCC1C(O)Cc1ccc(OC)cc1. The van der Waals surface area contributed by atoms with E-state index in [1.807, 2.05) is 12.1 Å². The van der Waals surface area contributed by atoms with E-state index in [0.29, 0.717) is 11.8 Å². The lowest BCUT2D eigenvalue weighted by molar-refractivity contribution is 0.0464. The van der Waals surface area contributed by atoms with E-state index in [1.54, 1.807) is 7.11 Å². The molecule has 0 bridgehead atoms. The molecule has 2 nitrogen and oxygen atoms in total. The fourth-order valence-corrected chi connectivity index (χ4v) is 3.40. The molecule has 2 rings (SSSR count). The molecule has 3 atom stereocenters. The average Bonchev–Trinajstić information content (AvgIpc) is 2.48. The first kappa shape index (κ1) is 14.4. The van der Waals surface area contributed by atoms with Gasteiger partial charge in [-0.15, -0.1) is 0 Å². The van der Waals surface area contributed by atoms with Crippen LogP contribution in [0.1, 0.15) is 44.6 Å². The van der Waals surface area contributed by atoms with Crippen molar-refractivity contribution in [3.8, 4) is 5.75 Å². The lowest BCUT2D eigenvalue weighted by Crippen LogP contribution is -2.32. The number of ether oxygens (including phenoxy) is 1. The Morgan fingerprint density at radius 1 is 1.21 bits per heavy atom. The fraction of sp³-hybridized carbons (Fsp3) is 0.647. The quantitative estimate of drug-likeness (QED) is 0.874. The van der Waals surface area contributed by atoms with Crippen LogP contribution in [0, 0.1) is 11.8 Å². The molecule has 0 aromatic heterocycles. The molecule has 1 saturated carbocycles. The molecular weight excluding hydrogens is 236 g/mol. The predicted octanol–water partition coefficient (Wildman–Crippen LogP) is 3.82. The van der Waals surface area contributed by atoms with E-state index in [9.17, 15) is 5.11 Å². The minimum absolute atomic E-state index is 0.196. The predicted molar refractivity (Wildman–Crippen MR) is 78.4 cm³/mol. The summed E-state index contributed by atoms with van der Waals surface area (Å²) in [5, 5.41) is 10.5. The normalized spacial score (nSPS) is 25.0. The summed E-state index contributed by atoms with van der Waals surface area (Å²) in [6, 6.07) is 8.07. The summed E-state index contributed by atoms with van der Waals surface area (Å²) in [5.41, 5.74) is 1.20. The van der Waals surface area contributed by atoms with Gasteiger partial charge in [-0.2, -0.15) is 0 Å². The van der Waals surface area contributed by atoms with Crippen LogP contribution in [0.15, 0.2) is 24.3 Å². The molecule has 0 radical (unpaired) electrons. The van der Waals surface area contributed by atoms with Crippen molar-refractivity contribution < 1.29 is 9.84 Å². The fourth-order valence-electron chi connectivity index (χ4n) is 3.40. The second kappa shape index (κ2) is 6.95. The van der Waals surface area contributed by atoms with Gasteiger partial charge >= 0.3 is 0 Å². The summed E-state index contributed by atoms with van der Waals surface area (Å²) < 4.78 is 5.16. The van der Waals surface area contributed by atoms with Crippen molar-refractivity contribution in [1.29, 1.82) is 0 Å². The molecule has 0 spiro atoms. The molecule has 2 heteroatoms. The zero-order chi connectivity index (χ0) is 13.7. The third-order valence-corrected chi connectivity index (χ3v) is 4.59. The Morgan fingerprint density at radius 2 is 1.89 bits per heavy atom. The van der Waals surface area contributed by atoms with Gasteiger partial charge in [-0.3, -0.25) is 0 Å². The number of methoxy groups -OCH3 is 1. The second-order valence-electron chi connectivity index (χ2n) is 5.74. The van der Waals surface area contributed by atoms with Crippen molar-refractivity contribution in [3.63, 3.8) is 0 Å². The minimum atomic E-state index is -0.196. The van der Waals surface area contributed by atoms with Crippen molar-refractivity contribution in [2.45, 2.75) is 51.6 Å². The summed E-state index contributed by atoms with van der Waals surface area (Å²) in [6.07, 6.45) is 6.87. The Bertz CT molecular complexity index is 371. The van der Waals surface area contributed by atoms with E-state index in [1.165, 1.54) is 37.7 Å². The molecule has 0 heterocycles. The van der Waals surface area contributed by atoms with E-state index >= 15 is 0 Å². The summed E-state index contributed by atoms with van der Waals surface area (Å²) >= 11 is 0. The Balaban J connectivity index is 1.96. The van der Waals surface area contributed by atoms with Gasteiger partial charge in [0.1, 0.15) is 5.75 Å². The Kier molecular flexibility index (Phi) is 5.26. The third-order valence-electron chi connectivity index (χ3n) is 4.59. The van der Waals surface area contributed by atoms with Crippen molar-refractivity contribution >= 4 is 0 Å². The standard InChI is InChI=1S/C17H26O2/c1-3-14-6-4-5-7-16(14)17(18)12-13-8-10-15(19-2)11-9-13/h8-11,14,16-18H,3-7,12H2,1-2H3. The van der Waals surface area contributed by atoms with Crippen LogP contribution >= 0.6 is 0 Å². The van der Waals surface area contributed by atoms with Crippen LogP contribution < -0.4 is 4.74 Å². The van der Waals surface area contributed by atoms with Crippen LogP contribution in [0.3, 0.4) is 0 Å². The van der Waals surface area contributed by atoms with Crippen LogP contribution in [-0.2, 0) is 6.42 Å². The van der Waals surface area contributed by atoms with Gasteiger partial charge in [0.2, 0.25) is 0 Å². The highest BCUT2D eigenvalue weighted by molar-refractivity contribution is 5.27. The highest BCUT2D eigenvalue weighted by Gasteiger charge is 2.29. The topological polar surface area (TPSA) is 29.5 Å². The molecule has 3 unspecified atom stereocenters. The van der Waals surface area contributed by atoms with E-state index < -0.39 is 0 Å². The smallest absolute Gasteiger partial charge is 0.118 e. The van der Waals surface area contributed by atoms with E-state index in [-0.39, 0.29) is 6.10 Å². The van der Waals surface area contributed by atoms with Crippen LogP contribution in [0.4, 0.5) is 0 Å². The van der Waals surface area contributed by atoms with Crippen LogP contribution in [0.5, 0.6) is 5.75 Å². The van der Waals surface area contributed by atoms with Crippen molar-refractivity contribution in [1.82, 2.24) is 0 Å². The maximum atomic E-state index is 10.5. The number of aliphatic hydroxyl groups is 1. The maximum absolute atomic E-state index is 10.5. The molecule has 1 fully saturated rings. The van der Waals surface area contributed by atoms with E-state index in [2.05, 4.69) is 19.1 Å². The third kappa shape index (κ3) is 3.73. The number of aliphatic hydroxyl groups excluding tert-OH is 1. The summed E-state index contributed by atoms with van der Waals surface area (Å²) in [4.78, 5) is 0. The first-order valence-electron chi connectivity index (χ1n) is 7.55. The number of benzene rings is 1. The first-order chi connectivity index (χ1) is 9.24. The summed E-state index contributed by atoms with van der Waals surface area (Å²) in [5.74, 6) is 2.07. The van der Waals surface area contributed by atoms with Gasteiger partial charge in [-0.05, 0) is 42.4 Å². The van der Waals surface area contributed by atoms with Gasteiger partial charge in [0.25, 0.3) is 0 Å². The van der Waals surface area contributed by atoms with E-state index in [0.717, 1.165) is 12.2 Å². The van der Waals surface area contributed by atoms with Gasteiger partial charge < -0.3 is 9.84 Å². The van der Waals surface area contributed by atoms with Gasteiger partial charge in [0, 0.05) is 0 Å². The molecule has 1 aliphatic carbocycles. The highest BCUT2D eigenvalue weighted by atomic mass is 16.5. The molecule has 106 valence electrons. The largest absolute Gasteiger partial charge is 0.497 e. The number of hydrogen-bond acceptors (Lipinski definition) is 2. The van der Waals surface area contributed by atoms with Gasteiger partial charge in [-0.1, -0.05) is 44.7 Å². The first-order valence-corrected chi connectivity index (χ1v) is 7.55. The maximum Gasteiger partial charge on any atom is 0.118 e. The lowest BCUT2D eigenvalue weighted by atomic mass is 9.74. The molecule has 1 aliphatic rings. The van der Waals surface area contributed by atoms with Crippen LogP contribution in [0.2, 0.25) is 0 Å². The molecule has 0 amide bonds. The number of rotatable bonds is 5. The zero-order valence-corrected chi connectivity index (χ0v) is 12.1. The monoisotopic (exact) mass is 262 g/mol. The Hall–Kier alpha value is -1.02. The zero-order valence-electron chi connectivity index (χ0n) is 12.1. The molecule has 1 aromatic carbocycles. The van der Waals surface area contributed by atoms with Crippen molar-refractivity contribution in [2.24, 2.45) is 11.8 Å². The molecule has 1 N–H and O–H groups in total. The van der Waals surface area contributed by atoms with Crippen molar-refractivity contribution in [2.75, 3.05) is 7.11 Å². The molecule has 0 aliphatic heterocycles. The highest BCUT2D eigenvalue weighted by Crippen LogP contribution is 2.35. The van der Waals surface area contributed by atoms with Gasteiger partial charge in [-0.25, -0.2) is 0 Å². The summed E-state index contributed by atoms with van der Waals surface area (Å²) in [6.45, 7) is 2.25. The molecule has 0 saturated heterocycles. The van der Waals surface area contributed by atoms with Gasteiger partial charge in [0.15, 0.2) is 0 Å². The number of hydrogen-bond donors (Lipinski definition) is 1. The Morgan fingerprint density at radius 3 is 2.53 bits per heavy atom. The van der Waals surface area contributed by atoms with Crippen LogP contribution in [-0.4, -0.2) is 18.3 Å². The molecular formula is C17H26O2. The summed E-state index contributed by atoms with van der Waals surface area (Å²) in [7, 11) is 1.68.